The summed E-state index contributed by atoms with van der Waals surface area (Å²) in [5.41, 5.74) is -1.78. The van der Waals surface area contributed by atoms with Crippen molar-refractivity contribution in [2.24, 2.45) is 0 Å². The molecule has 1 N–H and O–H groups in total. The smallest absolute Gasteiger partial charge is 0.348 e. The van der Waals surface area contributed by atoms with E-state index in [1.165, 1.54) is 0 Å². The van der Waals surface area contributed by atoms with Crippen LogP contribution in [0.5, 0.6) is 0 Å². The molecule has 0 spiro atoms. The second-order valence-corrected chi connectivity index (χ2v) is 3.71. The molecule has 0 aromatic carbocycles. The van der Waals surface area contributed by atoms with Gasteiger partial charge in [-0.1, -0.05) is 13.8 Å². The first-order valence-electron chi connectivity index (χ1n) is 4.32. The van der Waals surface area contributed by atoms with Gasteiger partial charge in [0.15, 0.2) is 0 Å². The molecule has 0 aromatic heterocycles. The number of aliphatic carboxylic acids is 1. The molecule has 0 saturated carbocycles. The van der Waals surface area contributed by atoms with Crippen molar-refractivity contribution in [1.82, 2.24) is 4.90 Å². The molecule has 13 heavy (non-hydrogen) atoms. The Bertz CT molecular complexity index is 153. The highest BCUT2D eigenvalue weighted by atomic mass is 32.2. The van der Waals surface area contributed by atoms with Crippen LogP contribution in [0, 0.1) is 0 Å². The van der Waals surface area contributed by atoms with Gasteiger partial charge in [-0.3, -0.25) is 0 Å². The van der Waals surface area contributed by atoms with Crippen LogP contribution in [-0.4, -0.2) is 46.9 Å². The van der Waals surface area contributed by atoms with Crippen molar-refractivity contribution in [3.63, 3.8) is 0 Å². The molecule has 0 heterocycles. The molecule has 0 saturated heterocycles. The van der Waals surface area contributed by atoms with E-state index in [4.69, 9.17) is 5.11 Å². The third kappa shape index (κ3) is 5.87. The van der Waals surface area contributed by atoms with E-state index in [2.05, 4.69) is 4.90 Å². The lowest BCUT2D eigenvalue weighted by molar-refractivity contribution is -0.139. The Morgan fingerprint density at radius 1 is 1.54 bits per heavy atom. The molecule has 78 valence electrons. The van der Waals surface area contributed by atoms with Crippen molar-refractivity contribution >= 4 is 17.7 Å². The Hall–Kier alpha value is -0.290. The molecule has 5 heteroatoms. The zero-order valence-corrected chi connectivity index (χ0v) is 8.81. The summed E-state index contributed by atoms with van der Waals surface area (Å²) in [6.45, 7) is 6.63. The van der Waals surface area contributed by atoms with Crippen LogP contribution in [0.1, 0.15) is 13.8 Å². The molecule has 1 atom stereocenters. The van der Waals surface area contributed by atoms with Gasteiger partial charge < -0.3 is 10.0 Å². The third-order valence-corrected chi connectivity index (χ3v) is 2.67. The van der Waals surface area contributed by atoms with Crippen LogP contribution in [0.25, 0.3) is 0 Å². The van der Waals surface area contributed by atoms with Crippen molar-refractivity contribution in [3.8, 4) is 0 Å². The van der Waals surface area contributed by atoms with Crippen molar-refractivity contribution < 1.29 is 14.3 Å². The molecule has 0 aliphatic heterocycles. The van der Waals surface area contributed by atoms with Crippen molar-refractivity contribution in [2.45, 2.75) is 19.4 Å². The molecule has 3 nitrogen and oxygen atoms in total. The van der Waals surface area contributed by atoms with Gasteiger partial charge >= 0.3 is 5.97 Å². The van der Waals surface area contributed by atoms with Crippen molar-refractivity contribution in [1.29, 1.82) is 0 Å². The van der Waals surface area contributed by atoms with Crippen LogP contribution >= 0.6 is 11.8 Å². The Kier molecular flexibility index (Phi) is 6.99. The second kappa shape index (κ2) is 7.15. The van der Waals surface area contributed by atoms with E-state index < -0.39 is 11.5 Å². The summed E-state index contributed by atoms with van der Waals surface area (Å²) >= 11 is 0.836. The molecule has 0 aromatic rings. The van der Waals surface area contributed by atoms with Crippen molar-refractivity contribution in [2.75, 3.05) is 25.4 Å². The first kappa shape index (κ1) is 12.7. The number of nitrogens with zero attached hydrogens (tertiary/aromatic N) is 1. The molecule has 0 radical (unpaired) electrons. The Morgan fingerprint density at radius 2 is 2.08 bits per heavy atom. The zero-order chi connectivity index (χ0) is 10.3. The first-order valence-corrected chi connectivity index (χ1v) is 5.37. The number of alkyl halides is 1. The molecule has 0 aliphatic rings. The van der Waals surface area contributed by atoms with Gasteiger partial charge in [0, 0.05) is 12.3 Å². The minimum atomic E-state index is -1.78. The highest BCUT2D eigenvalue weighted by Gasteiger charge is 2.15. The summed E-state index contributed by atoms with van der Waals surface area (Å²) in [6, 6.07) is 0. The summed E-state index contributed by atoms with van der Waals surface area (Å²) in [6.07, 6.45) is 0. The fourth-order valence-electron chi connectivity index (χ4n) is 0.896. The standard InChI is InChI=1S/C8H16FNO2S/c1-3-10(4-2)5-6-13-7(9)8(11)12/h7H,3-6H2,1-2H3,(H,11,12). The average Bonchev–Trinajstić information content (AvgIpc) is 2.12. The van der Waals surface area contributed by atoms with E-state index in [1.54, 1.807) is 0 Å². The van der Waals surface area contributed by atoms with E-state index >= 15 is 0 Å². The molecule has 0 rings (SSSR count). The second-order valence-electron chi connectivity index (χ2n) is 2.55. The Labute approximate surface area is 82.3 Å². The predicted molar refractivity (Wildman–Crippen MR) is 52.8 cm³/mol. The number of rotatable bonds is 7. The van der Waals surface area contributed by atoms with E-state index in [-0.39, 0.29) is 0 Å². The summed E-state index contributed by atoms with van der Waals surface area (Å²) in [7, 11) is 0. The Morgan fingerprint density at radius 3 is 2.46 bits per heavy atom. The average molecular weight is 209 g/mol. The van der Waals surface area contributed by atoms with Gasteiger partial charge in [-0.15, -0.1) is 11.8 Å². The maximum absolute atomic E-state index is 12.5. The number of carboxylic acid groups (broad SMARTS) is 1. The highest BCUT2D eigenvalue weighted by molar-refractivity contribution is 8.00. The predicted octanol–water partition coefficient (Wildman–Crippen LogP) is 1.44. The summed E-state index contributed by atoms with van der Waals surface area (Å²) in [5.74, 6) is -0.862. The van der Waals surface area contributed by atoms with E-state index in [0.717, 1.165) is 31.4 Å². The molecule has 0 fully saturated rings. The number of halogens is 1. The van der Waals surface area contributed by atoms with Gasteiger partial charge in [0.25, 0.3) is 0 Å². The normalized spacial score (nSPS) is 13.2. The fourth-order valence-corrected chi connectivity index (χ4v) is 1.61. The van der Waals surface area contributed by atoms with Crippen LogP contribution in [0.3, 0.4) is 0 Å². The van der Waals surface area contributed by atoms with E-state index in [0.29, 0.717) is 5.75 Å². The lowest BCUT2D eigenvalue weighted by Gasteiger charge is -2.17. The topological polar surface area (TPSA) is 40.5 Å². The van der Waals surface area contributed by atoms with Crippen LogP contribution in [0.2, 0.25) is 0 Å². The third-order valence-electron chi connectivity index (χ3n) is 1.76. The van der Waals surface area contributed by atoms with Gasteiger partial charge in [-0.05, 0) is 13.1 Å². The summed E-state index contributed by atoms with van der Waals surface area (Å²) < 4.78 is 12.5. The lowest BCUT2D eigenvalue weighted by atomic mass is 10.5. The molecule has 0 aliphatic carbocycles. The summed E-state index contributed by atoms with van der Waals surface area (Å²) in [5, 5.41) is 8.25. The SMILES string of the molecule is CCN(CC)CCSC(F)C(=O)O. The van der Waals surface area contributed by atoms with Crippen LogP contribution in [0.4, 0.5) is 4.39 Å². The number of carboxylic acids is 1. The molecular weight excluding hydrogens is 193 g/mol. The molecular formula is C8H16FNO2S. The number of carbonyl (C=O) groups is 1. The molecule has 0 bridgehead atoms. The Balaban J connectivity index is 3.48. The number of hydrogen-bond acceptors (Lipinski definition) is 3. The zero-order valence-electron chi connectivity index (χ0n) is 7.99. The minimum Gasteiger partial charge on any atom is -0.478 e. The monoisotopic (exact) mass is 209 g/mol. The number of thioether (sulfide) groups is 1. The summed E-state index contributed by atoms with van der Waals surface area (Å²) in [4.78, 5) is 12.2. The van der Waals surface area contributed by atoms with Gasteiger partial charge in [-0.2, -0.15) is 0 Å². The fraction of sp³-hybridized carbons (Fsp3) is 0.875. The first-order chi connectivity index (χ1) is 6.11. The minimum absolute atomic E-state index is 0.523. The van der Waals surface area contributed by atoms with Crippen LogP contribution < -0.4 is 0 Å². The molecule has 1 unspecified atom stereocenters. The maximum atomic E-state index is 12.5. The maximum Gasteiger partial charge on any atom is 0.348 e. The van der Waals surface area contributed by atoms with Crippen LogP contribution in [-0.2, 0) is 4.79 Å². The van der Waals surface area contributed by atoms with Gasteiger partial charge in [0.1, 0.15) is 0 Å². The van der Waals surface area contributed by atoms with Gasteiger partial charge in [0.05, 0.1) is 0 Å². The molecule has 0 amide bonds. The van der Waals surface area contributed by atoms with E-state index in [9.17, 15) is 9.18 Å². The van der Waals surface area contributed by atoms with Crippen LogP contribution in [0.15, 0.2) is 0 Å². The van der Waals surface area contributed by atoms with Crippen molar-refractivity contribution in [3.05, 3.63) is 0 Å². The largest absolute Gasteiger partial charge is 0.478 e. The van der Waals surface area contributed by atoms with E-state index in [1.807, 2.05) is 13.8 Å². The van der Waals surface area contributed by atoms with Gasteiger partial charge in [-0.25, -0.2) is 9.18 Å². The quantitative estimate of drug-likeness (QED) is 0.689. The lowest BCUT2D eigenvalue weighted by Crippen LogP contribution is -2.26. The number of hydrogen-bond donors (Lipinski definition) is 1. The highest BCUT2D eigenvalue weighted by Crippen LogP contribution is 2.12. The van der Waals surface area contributed by atoms with Gasteiger partial charge in [0.2, 0.25) is 5.50 Å².